The van der Waals surface area contributed by atoms with Crippen molar-refractivity contribution in [3.8, 4) is 0 Å². The Morgan fingerprint density at radius 3 is 2.00 bits per heavy atom. The average molecular weight is 457 g/mol. The van der Waals surface area contributed by atoms with E-state index in [9.17, 15) is 4.79 Å². The number of hydrogen-bond donors (Lipinski definition) is 1. The highest BCUT2D eigenvalue weighted by atomic mass is 16.6. The molecule has 186 valence electrons. The number of aliphatic imine (C=N–C) groups is 1. The SMILES string of the molecule is CCCCCCCCCC/C(=C1\CC(C)(C)C(C)=N1)c1[nH]c(C(=O)OC(C)(C)C)c(C)c1C. The van der Waals surface area contributed by atoms with Gasteiger partial charge >= 0.3 is 5.97 Å². The van der Waals surface area contributed by atoms with Crippen molar-refractivity contribution in [3.63, 3.8) is 0 Å². The maximum Gasteiger partial charge on any atom is 0.355 e. The minimum atomic E-state index is -0.516. The number of H-pyrrole nitrogens is 1. The number of aromatic amines is 1. The number of esters is 1. The molecule has 1 N–H and O–H groups in total. The molecule has 4 heteroatoms. The molecule has 0 radical (unpaired) electrons. The predicted octanol–water partition coefficient (Wildman–Crippen LogP) is 8.72. The number of ether oxygens (including phenoxy) is 1. The van der Waals surface area contributed by atoms with Crippen LogP contribution < -0.4 is 0 Å². The van der Waals surface area contributed by atoms with Gasteiger partial charge in [0.15, 0.2) is 0 Å². The van der Waals surface area contributed by atoms with Gasteiger partial charge < -0.3 is 9.72 Å². The third-order valence-electron chi connectivity index (χ3n) is 6.99. The van der Waals surface area contributed by atoms with Crippen LogP contribution in [-0.2, 0) is 4.74 Å². The lowest BCUT2D eigenvalue weighted by atomic mass is 9.85. The summed E-state index contributed by atoms with van der Waals surface area (Å²) in [7, 11) is 0. The number of nitrogens with zero attached hydrogens (tertiary/aromatic N) is 1. The van der Waals surface area contributed by atoms with Gasteiger partial charge in [-0.15, -0.1) is 0 Å². The highest BCUT2D eigenvalue weighted by Crippen LogP contribution is 2.41. The van der Waals surface area contributed by atoms with Gasteiger partial charge in [-0.3, -0.25) is 4.99 Å². The van der Waals surface area contributed by atoms with E-state index in [1.54, 1.807) is 0 Å². The quantitative estimate of drug-likeness (QED) is 0.267. The molecule has 0 unspecified atom stereocenters. The molecule has 0 amide bonds. The Hall–Kier alpha value is -1.84. The van der Waals surface area contributed by atoms with Crippen molar-refractivity contribution in [3.05, 3.63) is 28.2 Å². The molecule has 2 rings (SSSR count). The maximum atomic E-state index is 12.9. The summed E-state index contributed by atoms with van der Waals surface area (Å²) in [5, 5.41) is 0. The fourth-order valence-electron chi connectivity index (χ4n) is 4.49. The number of unbranched alkanes of at least 4 members (excludes halogenated alkanes) is 7. The Labute approximate surface area is 202 Å². The van der Waals surface area contributed by atoms with E-state index in [4.69, 9.17) is 9.73 Å². The van der Waals surface area contributed by atoms with Crippen LogP contribution in [-0.4, -0.2) is 22.3 Å². The Morgan fingerprint density at radius 2 is 1.48 bits per heavy atom. The molecule has 1 aliphatic rings. The fraction of sp³-hybridized carbons (Fsp3) is 0.724. The van der Waals surface area contributed by atoms with Crippen molar-refractivity contribution in [2.45, 2.75) is 132 Å². The normalized spacial score (nSPS) is 17.3. The lowest BCUT2D eigenvalue weighted by Gasteiger charge is -2.19. The molecule has 2 heterocycles. The summed E-state index contributed by atoms with van der Waals surface area (Å²) < 4.78 is 5.67. The lowest BCUT2D eigenvalue weighted by Crippen LogP contribution is -2.24. The first kappa shape index (κ1) is 27.4. The number of rotatable bonds is 11. The van der Waals surface area contributed by atoms with E-state index in [0.717, 1.165) is 36.1 Å². The first-order valence-corrected chi connectivity index (χ1v) is 13.1. The molecule has 0 spiro atoms. The topological polar surface area (TPSA) is 54.5 Å². The van der Waals surface area contributed by atoms with E-state index in [-0.39, 0.29) is 11.4 Å². The van der Waals surface area contributed by atoms with Crippen molar-refractivity contribution < 1.29 is 9.53 Å². The Bertz CT molecular complexity index is 878. The van der Waals surface area contributed by atoms with E-state index in [1.165, 1.54) is 61.9 Å². The van der Waals surface area contributed by atoms with Crippen LogP contribution in [0, 0.1) is 19.3 Å². The van der Waals surface area contributed by atoms with Gasteiger partial charge in [-0.25, -0.2) is 4.79 Å². The molecule has 1 aromatic heterocycles. The smallest absolute Gasteiger partial charge is 0.355 e. The molecule has 4 nitrogen and oxygen atoms in total. The second-order valence-corrected chi connectivity index (χ2v) is 11.5. The lowest BCUT2D eigenvalue weighted by molar-refractivity contribution is 0.00627. The molecular formula is C29H48N2O2. The predicted molar refractivity (Wildman–Crippen MR) is 141 cm³/mol. The van der Waals surface area contributed by atoms with Gasteiger partial charge in [-0.05, 0) is 71.1 Å². The van der Waals surface area contributed by atoms with Gasteiger partial charge in [-0.1, -0.05) is 65.7 Å². The zero-order valence-corrected chi connectivity index (χ0v) is 22.8. The fourth-order valence-corrected chi connectivity index (χ4v) is 4.49. The van der Waals surface area contributed by atoms with Crippen molar-refractivity contribution in [2.24, 2.45) is 10.4 Å². The Balaban J connectivity index is 2.25. The van der Waals surface area contributed by atoms with Crippen LogP contribution in [0.2, 0.25) is 0 Å². The highest BCUT2D eigenvalue weighted by molar-refractivity contribution is 5.94. The molecule has 1 aromatic rings. The van der Waals surface area contributed by atoms with Gasteiger partial charge in [0.1, 0.15) is 11.3 Å². The zero-order chi connectivity index (χ0) is 24.8. The number of carbonyl (C=O) groups is 1. The molecule has 0 aliphatic carbocycles. The van der Waals surface area contributed by atoms with Crippen molar-refractivity contribution >= 4 is 17.3 Å². The van der Waals surface area contributed by atoms with Crippen LogP contribution in [0.15, 0.2) is 10.7 Å². The summed E-state index contributed by atoms with van der Waals surface area (Å²) in [5.41, 5.74) is 6.98. The van der Waals surface area contributed by atoms with Gasteiger partial charge in [0.2, 0.25) is 0 Å². The summed E-state index contributed by atoms with van der Waals surface area (Å²) in [6.07, 6.45) is 12.3. The van der Waals surface area contributed by atoms with E-state index in [1.807, 2.05) is 27.7 Å². The molecule has 0 aromatic carbocycles. The summed E-state index contributed by atoms with van der Waals surface area (Å²) in [6, 6.07) is 0. The van der Waals surface area contributed by atoms with Gasteiger partial charge in [0.05, 0.1) is 0 Å². The van der Waals surface area contributed by atoms with Crippen LogP contribution in [0.5, 0.6) is 0 Å². The highest BCUT2D eigenvalue weighted by Gasteiger charge is 2.32. The molecule has 0 fully saturated rings. The van der Waals surface area contributed by atoms with Crippen LogP contribution in [0.25, 0.3) is 5.57 Å². The van der Waals surface area contributed by atoms with E-state index in [0.29, 0.717) is 5.69 Å². The van der Waals surface area contributed by atoms with E-state index < -0.39 is 5.60 Å². The van der Waals surface area contributed by atoms with Crippen molar-refractivity contribution in [1.82, 2.24) is 4.98 Å². The van der Waals surface area contributed by atoms with Gasteiger partial charge in [-0.2, -0.15) is 0 Å². The largest absolute Gasteiger partial charge is 0.455 e. The standard InChI is InChI=1S/C29H48N2O2/c1-10-11-12-13-14-15-16-17-18-23(24-19-29(8,9)22(4)30-24)25-20(2)21(3)26(31-25)27(32)33-28(5,6)7/h31H,10-19H2,1-9H3/b24-23-. The average Bonchev–Trinajstić information content (AvgIpc) is 3.15. The van der Waals surface area contributed by atoms with Crippen LogP contribution in [0.1, 0.15) is 140 Å². The second-order valence-electron chi connectivity index (χ2n) is 11.5. The van der Waals surface area contributed by atoms with Crippen LogP contribution in [0.4, 0.5) is 0 Å². The third-order valence-corrected chi connectivity index (χ3v) is 6.99. The van der Waals surface area contributed by atoms with Crippen LogP contribution in [0.3, 0.4) is 0 Å². The molecule has 0 saturated heterocycles. The molecule has 0 atom stereocenters. The minimum absolute atomic E-state index is 0.0867. The first-order valence-electron chi connectivity index (χ1n) is 13.1. The zero-order valence-electron chi connectivity index (χ0n) is 22.8. The monoisotopic (exact) mass is 456 g/mol. The molecule has 0 bridgehead atoms. The number of carbonyl (C=O) groups excluding carboxylic acids is 1. The van der Waals surface area contributed by atoms with Crippen molar-refractivity contribution in [1.29, 1.82) is 0 Å². The molecule has 33 heavy (non-hydrogen) atoms. The Kier molecular flexibility index (Phi) is 9.58. The number of hydrogen-bond acceptors (Lipinski definition) is 3. The first-order chi connectivity index (χ1) is 15.4. The minimum Gasteiger partial charge on any atom is -0.455 e. The summed E-state index contributed by atoms with van der Waals surface area (Å²) in [5.74, 6) is -0.280. The van der Waals surface area contributed by atoms with Gasteiger partial charge in [0.25, 0.3) is 0 Å². The maximum absolute atomic E-state index is 12.9. The summed E-state index contributed by atoms with van der Waals surface area (Å²) in [4.78, 5) is 21.3. The van der Waals surface area contributed by atoms with Crippen molar-refractivity contribution in [2.75, 3.05) is 0 Å². The van der Waals surface area contributed by atoms with E-state index in [2.05, 4.69) is 39.6 Å². The number of nitrogens with one attached hydrogen (secondary N) is 1. The Morgan fingerprint density at radius 1 is 0.939 bits per heavy atom. The second kappa shape index (κ2) is 11.5. The third kappa shape index (κ3) is 7.58. The van der Waals surface area contributed by atoms with E-state index >= 15 is 0 Å². The molecular weight excluding hydrogens is 408 g/mol. The summed E-state index contributed by atoms with van der Waals surface area (Å²) >= 11 is 0. The van der Waals surface area contributed by atoms with Crippen LogP contribution >= 0.6 is 0 Å². The van der Waals surface area contributed by atoms with Gasteiger partial charge in [0, 0.05) is 28.9 Å². The molecule has 0 saturated carbocycles. The molecule has 1 aliphatic heterocycles. The summed E-state index contributed by atoms with van der Waals surface area (Å²) in [6.45, 7) is 18.8. The number of aromatic nitrogens is 1. The number of allylic oxidation sites excluding steroid dienone is 2.